The van der Waals surface area contributed by atoms with E-state index >= 15 is 0 Å². The van der Waals surface area contributed by atoms with Crippen LogP contribution < -0.4 is 4.74 Å². The summed E-state index contributed by atoms with van der Waals surface area (Å²) >= 11 is 12.4. The van der Waals surface area contributed by atoms with E-state index in [0.29, 0.717) is 4.90 Å². The van der Waals surface area contributed by atoms with Gasteiger partial charge in [0.15, 0.2) is 0 Å². The molecule has 0 radical (unpaired) electrons. The number of unbranched alkanes of at least 4 members (excludes halogenated alkanes) is 2. The number of thioether (sulfide) groups is 2. The lowest BCUT2D eigenvalue weighted by Gasteiger charge is -2.12. The molecule has 0 N–H and O–H groups in total. The predicted octanol–water partition coefficient (Wildman–Crippen LogP) is 10.1. The molecule has 44 heavy (non-hydrogen) atoms. The molecule has 0 aromatic heterocycles. The number of thiol groups is 2. The second kappa shape index (κ2) is 17.7. The normalized spacial score (nSPS) is 11.5. The number of methoxy groups -OCH3 is 1. The van der Waals surface area contributed by atoms with Crippen LogP contribution in [-0.4, -0.2) is 38.5 Å². The van der Waals surface area contributed by atoms with E-state index in [9.17, 15) is 8.42 Å². The first-order valence-electron chi connectivity index (χ1n) is 15.0. The van der Waals surface area contributed by atoms with E-state index < -0.39 is 9.84 Å². The molecule has 4 rings (SSSR count). The third kappa shape index (κ3) is 9.52. The lowest BCUT2D eigenvalue weighted by molar-refractivity contribution is 0.411. The number of aryl methyl sites for hydroxylation is 1. The monoisotopic (exact) mass is 682 g/mol. The Morgan fingerprint density at radius 2 is 1.07 bits per heavy atom. The molecule has 4 aromatic rings. The van der Waals surface area contributed by atoms with Gasteiger partial charge in [-0.3, -0.25) is 0 Å². The number of sulfone groups is 1. The van der Waals surface area contributed by atoms with Crippen LogP contribution in [0.25, 0.3) is 22.3 Å². The van der Waals surface area contributed by atoms with Gasteiger partial charge in [0.1, 0.15) is 5.75 Å². The maximum absolute atomic E-state index is 13.5. The molecule has 0 aliphatic heterocycles. The lowest BCUT2D eigenvalue weighted by atomic mass is 10.0. The minimum Gasteiger partial charge on any atom is -0.496 e. The van der Waals surface area contributed by atoms with Crippen LogP contribution in [0.15, 0.2) is 94.7 Å². The highest BCUT2D eigenvalue weighted by Crippen LogP contribution is 2.32. The Morgan fingerprint density at radius 3 is 1.57 bits per heavy atom. The van der Waals surface area contributed by atoms with Crippen molar-refractivity contribution in [2.75, 3.05) is 30.1 Å². The van der Waals surface area contributed by atoms with Gasteiger partial charge in [0.05, 0.1) is 16.9 Å². The van der Waals surface area contributed by atoms with E-state index in [1.807, 2.05) is 59.9 Å². The van der Waals surface area contributed by atoms with Gasteiger partial charge in [0.25, 0.3) is 0 Å². The summed E-state index contributed by atoms with van der Waals surface area (Å²) in [5, 5.41) is 0. The molecule has 0 saturated carbocycles. The van der Waals surface area contributed by atoms with Gasteiger partial charge >= 0.3 is 0 Å². The minimum atomic E-state index is -3.65. The van der Waals surface area contributed by atoms with Gasteiger partial charge in [-0.15, -0.1) is 0 Å². The summed E-state index contributed by atoms with van der Waals surface area (Å²) in [4.78, 5) is 0.581. The number of rotatable bonds is 17. The van der Waals surface area contributed by atoms with E-state index in [2.05, 4.69) is 56.4 Å². The van der Waals surface area contributed by atoms with Crippen molar-refractivity contribution in [1.29, 1.82) is 0 Å². The average molecular weight is 683 g/mol. The fourth-order valence-electron chi connectivity index (χ4n) is 4.86. The zero-order chi connectivity index (χ0) is 31.4. The molecular formula is C36H42O3S5. The molecule has 4 aromatic carbocycles. The fraction of sp³-hybridized carbons (Fsp3) is 0.333. The summed E-state index contributed by atoms with van der Waals surface area (Å²) in [5.41, 5.74) is 7.86. The summed E-state index contributed by atoms with van der Waals surface area (Å²) in [7, 11) is -1.95. The molecule has 0 spiro atoms. The highest BCUT2D eigenvalue weighted by atomic mass is 32.2. The van der Waals surface area contributed by atoms with Crippen molar-refractivity contribution in [2.45, 2.75) is 53.9 Å². The largest absolute Gasteiger partial charge is 0.496 e. The first-order valence-corrected chi connectivity index (χ1v) is 20.0. The molecule has 0 saturated heterocycles. The molecule has 0 amide bonds. The quantitative estimate of drug-likeness (QED) is 0.0857. The van der Waals surface area contributed by atoms with Crippen molar-refractivity contribution in [3.8, 4) is 28.0 Å². The molecule has 0 bridgehead atoms. The van der Waals surface area contributed by atoms with E-state index in [1.165, 1.54) is 17.5 Å². The summed E-state index contributed by atoms with van der Waals surface area (Å²) in [5.74, 6) is 6.79. The highest BCUT2D eigenvalue weighted by Gasteiger charge is 2.18. The van der Waals surface area contributed by atoms with Crippen molar-refractivity contribution in [3.63, 3.8) is 0 Å². The van der Waals surface area contributed by atoms with Crippen LogP contribution in [0.2, 0.25) is 0 Å². The summed E-state index contributed by atoms with van der Waals surface area (Å²) < 4.78 is 32.6. The first-order chi connectivity index (χ1) is 21.4. The van der Waals surface area contributed by atoms with Gasteiger partial charge in [-0.25, -0.2) is 8.42 Å². The van der Waals surface area contributed by atoms with Gasteiger partial charge < -0.3 is 4.74 Å². The topological polar surface area (TPSA) is 43.4 Å². The van der Waals surface area contributed by atoms with Crippen LogP contribution in [-0.2, 0) is 21.3 Å². The second-order valence-corrected chi connectivity index (χ2v) is 15.7. The molecular weight excluding hydrogens is 641 g/mol. The van der Waals surface area contributed by atoms with Crippen molar-refractivity contribution in [3.05, 3.63) is 102 Å². The van der Waals surface area contributed by atoms with Gasteiger partial charge in [0, 0.05) is 17.1 Å². The van der Waals surface area contributed by atoms with E-state index in [4.69, 9.17) is 4.74 Å². The lowest BCUT2D eigenvalue weighted by Crippen LogP contribution is -2.02. The number of benzene rings is 4. The van der Waals surface area contributed by atoms with Crippen molar-refractivity contribution in [2.24, 2.45) is 0 Å². The van der Waals surface area contributed by atoms with E-state index in [-0.39, 0.29) is 4.90 Å². The summed E-state index contributed by atoms with van der Waals surface area (Å²) in [6, 6.07) is 27.1. The standard InChI is InChI=1S/C36H42O3S5/c1-27-7-8-30(23-32(27)25-42-21-5-3-19-40)28-9-14-34(15-10-28)44(37,38)35-16-11-29(12-17-35)31-13-18-36(39-2)33(24-31)26-43-22-6-4-20-41/h7-18,23-24,40-41H,3-6,19-22,25-26H2,1-2H3. The Hall–Kier alpha value is -1.97. The Labute approximate surface area is 283 Å². The Morgan fingerprint density at radius 1 is 0.614 bits per heavy atom. The van der Waals surface area contributed by atoms with Crippen molar-refractivity contribution in [1.82, 2.24) is 0 Å². The van der Waals surface area contributed by atoms with Crippen LogP contribution in [0.1, 0.15) is 42.4 Å². The molecule has 8 heteroatoms. The third-order valence-corrected chi connectivity index (χ3v) is 12.1. The summed E-state index contributed by atoms with van der Waals surface area (Å²) in [6.45, 7) is 2.15. The maximum atomic E-state index is 13.5. The van der Waals surface area contributed by atoms with E-state index in [0.717, 1.165) is 87.3 Å². The van der Waals surface area contributed by atoms with Gasteiger partial charge in [-0.1, -0.05) is 48.5 Å². The van der Waals surface area contributed by atoms with E-state index in [1.54, 1.807) is 31.4 Å². The number of ether oxygens (including phenoxy) is 1. The Bertz CT molecular complexity index is 1580. The fourth-order valence-corrected chi connectivity index (χ4v) is 8.65. The Balaban J connectivity index is 1.46. The predicted molar refractivity (Wildman–Crippen MR) is 199 cm³/mol. The molecule has 0 atom stereocenters. The molecule has 0 fully saturated rings. The van der Waals surface area contributed by atoms with Gasteiger partial charge in [0.2, 0.25) is 9.84 Å². The molecule has 0 unspecified atom stereocenters. The minimum absolute atomic E-state index is 0.287. The summed E-state index contributed by atoms with van der Waals surface area (Å²) in [6.07, 6.45) is 4.61. The molecule has 0 heterocycles. The molecule has 0 aliphatic rings. The SMILES string of the molecule is COc1ccc(-c2ccc(S(=O)(=O)c3ccc(-c4ccc(C)c(CSCCCCS)c4)cc3)cc2)cc1CSCCCCS. The van der Waals surface area contributed by atoms with Crippen molar-refractivity contribution >= 4 is 58.6 Å². The molecule has 0 aliphatic carbocycles. The van der Waals surface area contributed by atoms with Gasteiger partial charge in [-0.2, -0.15) is 48.8 Å². The van der Waals surface area contributed by atoms with Crippen molar-refractivity contribution < 1.29 is 13.2 Å². The smallest absolute Gasteiger partial charge is 0.206 e. The zero-order valence-corrected chi connectivity index (χ0v) is 29.7. The Kier molecular flexibility index (Phi) is 14.0. The number of hydrogen-bond donors (Lipinski definition) is 2. The van der Waals surface area contributed by atoms with Gasteiger partial charge in [-0.05, 0) is 125 Å². The second-order valence-electron chi connectivity index (χ2n) is 10.7. The van der Waals surface area contributed by atoms with Crippen LogP contribution >= 0.6 is 48.8 Å². The molecule has 3 nitrogen and oxygen atoms in total. The van der Waals surface area contributed by atoms with Crippen LogP contribution in [0.4, 0.5) is 0 Å². The van der Waals surface area contributed by atoms with Crippen LogP contribution in [0, 0.1) is 6.92 Å². The highest BCUT2D eigenvalue weighted by molar-refractivity contribution is 7.98. The third-order valence-electron chi connectivity index (χ3n) is 7.53. The number of hydrogen-bond acceptors (Lipinski definition) is 7. The van der Waals surface area contributed by atoms with Crippen LogP contribution in [0.5, 0.6) is 5.75 Å². The molecule has 234 valence electrons. The zero-order valence-electron chi connectivity index (χ0n) is 25.5. The first kappa shape index (κ1) is 34.9. The average Bonchev–Trinajstić information content (AvgIpc) is 3.05. The van der Waals surface area contributed by atoms with Crippen LogP contribution in [0.3, 0.4) is 0 Å². The maximum Gasteiger partial charge on any atom is 0.206 e.